The third kappa shape index (κ3) is 2.73. The molecule has 0 saturated carbocycles. The van der Waals surface area contributed by atoms with Crippen molar-refractivity contribution in [3.05, 3.63) is 23.8 Å². The number of hydrogen-bond acceptors (Lipinski definition) is 4. The van der Waals surface area contributed by atoms with Gasteiger partial charge in [0.05, 0.1) is 0 Å². The van der Waals surface area contributed by atoms with Crippen LogP contribution in [0.3, 0.4) is 0 Å². The van der Waals surface area contributed by atoms with Crippen LogP contribution in [0.25, 0.3) is 0 Å². The lowest BCUT2D eigenvalue weighted by atomic mass is 10.1. The van der Waals surface area contributed by atoms with Crippen LogP contribution < -0.4 is 5.32 Å². The van der Waals surface area contributed by atoms with Crippen molar-refractivity contribution in [1.82, 2.24) is 15.3 Å². The molecule has 1 heterocycles. The van der Waals surface area contributed by atoms with Crippen molar-refractivity contribution in [1.29, 1.82) is 0 Å². The lowest BCUT2D eigenvalue weighted by Crippen LogP contribution is -2.27. The molecule has 1 unspecified atom stereocenters. The molecule has 0 aromatic carbocycles. The Bertz CT molecular complexity index is 352. The van der Waals surface area contributed by atoms with Gasteiger partial charge in [0.1, 0.15) is 0 Å². The highest BCUT2D eigenvalue weighted by atomic mass is 16.4. The van der Waals surface area contributed by atoms with Gasteiger partial charge in [0.25, 0.3) is 0 Å². The first-order valence-corrected chi connectivity index (χ1v) is 4.79. The predicted molar refractivity (Wildman–Crippen MR) is 55.6 cm³/mol. The van der Waals surface area contributed by atoms with Gasteiger partial charge in [-0.15, -0.1) is 0 Å². The Labute approximate surface area is 88.6 Å². The molecular formula is C10H15N3O2. The second kappa shape index (κ2) is 4.84. The molecule has 1 aromatic heterocycles. The monoisotopic (exact) mass is 209 g/mol. The van der Waals surface area contributed by atoms with Gasteiger partial charge >= 0.3 is 5.97 Å². The molecular weight excluding hydrogens is 194 g/mol. The number of nitrogens with zero attached hydrogens (tertiary/aromatic N) is 2. The SMILES string of the molecule is CNC(C(=O)O)c1nccc(C(C)C)n1. The molecule has 1 aromatic rings. The molecule has 0 spiro atoms. The maximum absolute atomic E-state index is 10.9. The summed E-state index contributed by atoms with van der Waals surface area (Å²) in [6.45, 7) is 4.00. The lowest BCUT2D eigenvalue weighted by Gasteiger charge is -2.11. The highest BCUT2D eigenvalue weighted by Gasteiger charge is 2.20. The van der Waals surface area contributed by atoms with E-state index in [4.69, 9.17) is 5.11 Å². The molecule has 0 saturated heterocycles. The number of aromatic nitrogens is 2. The summed E-state index contributed by atoms with van der Waals surface area (Å²) in [7, 11) is 1.57. The zero-order chi connectivity index (χ0) is 11.4. The van der Waals surface area contributed by atoms with Crippen LogP contribution in [-0.2, 0) is 4.79 Å². The summed E-state index contributed by atoms with van der Waals surface area (Å²) in [5.41, 5.74) is 0.849. The van der Waals surface area contributed by atoms with Gasteiger partial charge in [-0.05, 0) is 19.0 Å². The number of rotatable bonds is 4. The standard InChI is InChI=1S/C10H15N3O2/c1-6(2)7-4-5-12-9(13-7)8(11-3)10(14)15/h4-6,8,11H,1-3H3,(H,14,15). The highest BCUT2D eigenvalue weighted by molar-refractivity contribution is 5.74. The maximum atomic E-state index is 10.9. The molecule has 0 radical (unpaired) electrons. The molecule has 15 heavy (non-hydrogen) atoms. The van der Waals surface area contributed by atoms with Crippen molar-refractivity contribution in [2.45, 2.75) is 25.8 Å². The van der Waals surface area contributed by atoms with Crippen LogP contribution in [0.1, 0.15) is 37.3 Å². The zero-order valence-electron chi connectivity index (χ0n) is 9.06. The van der Waals surface area contributed by atoms with Crippen molar-refractivity contribution >= 4 is 5.97 Å². The Hall–Kier alpha value is -1.49. The fourth-order valence-electron chi connectivity index (χ4n) is 1.21. The molecule has 1 atom stereocenters. The fourth-order valence-corrected chi connectivity index (χ4v) is 1.21. The third-order valence-electron chi connectivity index (χ3n) is 2.08. The summed E-state index contributed by atoms with van der Waals surface area (Å²) >= 11 is 0. The quantitative estimate of drug-likeness (QED) is 0.772. The second-order valence-electron chi connectivity index (χ2n) is 3.55. The number of nitrogens with one attached hydrogen (secondary N) is 1. The van der Waals surface area contributed by atoms with Crippen LogP contribution in [0.4, 0.5) is 0 Å². The molecule has 0 aliphatic rings. The molecule has 0 amide bonds. The van der Waals surface area contributed by atoms with E-state index in [0.717, 1.165) is 5.69 Å². The van der Waals surface area contributed by atoms with E-state index < -0.39 is 12.0 Å². The van der Waals surface area contributed by atoms with Gasteiger partial charge in [-0.3, -0.25) is 4.79 Å². The Morgan fingerprint density at radius 3 is 2.67 bits per heavy atom. The van der Waals surface area contributed by atoms with Gasteiger partial charge in [0.2, 0.25) is 0 Å². The van der Waals surface area contributed by atoms with Crippen molar-refractivity contribution in [3.8, 4) is 0 Å². The summed E-state index contributed by atoms with van der Waals surface area (Å²) in [6.07, 6.45) is 1.59. The molecule has 0 aliphatic heterocycles. The molecule has 0 bridgehead atoms. The van der Waals surface area contributed by atoms with E-state index in [0.29, 0.717) is 5.82 Å². The highest BCUT2D eigenvalue weighted by Crippen LogP contribution is 2.13. The lowest BCUT2D eigenvalue weighted by molar-refractivity contribution is -0.139. The number of carboxylic acids is 1. The Balaban J connectivity index is 3.03. The smallest absolute Gasteiger partial charge is 0.328 e. The summed E-state index contributed by atoms with van der Waals surface area (Å²) in [5, 5.41) is 11.6. The Morgan fingerprint density at radius 2 is 2.20 bits per heavy atom. The molecule has 2 N–H and O–H groups in total. The summed E-state index contributed by atoms with van der Waals surface area (Å²) < 4.78 is 0. The predicted octanol–water partition coefficient (Wildman–Crippen LogP) is 0.945. The van der Waals surface area contributed by atoms with Crippen molar-refractivity contribution in [3.63, 3.8) is 0 Å². The Morgan fingerprint density at radius 1 is 1.53 bits per heavy atom. The number of likely N-dealkylation sites (N-methyl/N-ethyl adjacent to an activating group) is 1. The molecule has 82 valence electrons. The van der Waals surface area contributed by atoms with E-state index in [-0.39, 0.29) is 5.92 Å². The molecule has 0 fully saturated rings. The van der Waals surface area contributed by atoms with E-state index in [1.54, 1.807) is 19.3 Å². The van der Waals surface area contributed by atoms with E-state index in [1.165, 1.54) is 0 Å². The van der Waals surface area contributed by atoms with E-state index in [9.17, 15) is 4.79 Å². The van der Waals surface area contributed by atoms with E-state index in [2.05, 4.69) is 15.3 Å². The van der Waals surface area contributed by atoms with Crippen LogP contribution in [0.5, 0.6) is 0 Å². The largest absolute Gasteiger partial charge is 0.480 e. The first-order chi connectivity index (χ1) is 7.06. The average molecular weight is 209 g/mol. The topological polar surface area (TPSA) is 75.1 Å². The third-order valence-corrected chi connectivity index (χ3v) is 2.08. The maximum Gasteiger partial charge on any atom is 0.328 e. The summed E-state index contributed by atoms with van der Waals surface area (Å²) in [6, 6.07) is 0.951. The molecule has 1 rings (SSSR count). The number of carboxylic acid groups (broad SMARTS) is 1. The van der Waals surface area contributed by atoms with Gasteiger partial charge in [-0.1, -0.05) is 13.8 Å². The number of hydrogen-bond donors (Lipinski definition) is 2. The average Bonchev–Trinajstić information content (AvgIpc) is 2.18. The molecule has 5 heteroatoms. The van der Waals surface area contributed by atoms with E-state index >= 15 is 0 Å². The normalized spacial score (nSPS) is 12.8. The van der Waals surface area contributed by atoms with E-state index in [1.807, 2.05) is 13.8 Å². The van der Waals surface area contributed by atoms with Crippen molar-refractivity contribution < 1.29 is 9.90 Å². The fraction of sp³-hybridized carbons (Fsp3) is 0.500. The second-order valence-corrected chi connectivity index (χ2v) is 3.55. The van der Waals surface area contributed by atoms with Gasteiger partial charge < -0.3 is 10.4 Å². The minimum Gasteiger partial charge on any atom is -0.480 e. The van der Waals surface area contributed by atoms with Crippen LogP contribution in [0.2, 0.25) is 0 Å². The zero-order valence-corrected chi connectivity index (χ0v) is 9.06. The van der Waals surface area contributed by atoms with Crippen molar-refractivity contribution in [2.24, 2.45) is 0 Å². The first-order valence-electron chi connectivity index (χ1n) is 4.79. The van der Waals surface area contributed by atoms with Crippen LogP contribution in [0, 0.1) is 0 Å². The van der Waals surface area contributed by atoms with Gasteiger partial charge in [0, 0.05) is 11.9 Å². The number of carbonyl (C=O) groups is 1. The Kier molecular flexibility index (Phi) is 3.74. The van der Waals surface area contributed by atoms with Gasteiger partial charge in [-0.2, -0.15) is 0 Å². The van der Waals surface area contributed by atoms with Crippen LogP contribution in [-0.4, -0.2) is 28.1 Å². The molecule has 0 aliphatic carbocycles. The minimum atomic E-state index is -0.974. The van der Waals surface area contributed by atoms with Crippen LogP contribution >= 0.6 is 0 Å². The minimum absolute atomic E-state index is 0.262. The van der Waals surface area contributed by atoms with Crippen molar-refractivity contribution in [2.75, 3.05) is 7.05 Å². The first kappa shape index (κ1) is 11.6. The number of aliphatic carboxylic acids is 1. The van der Waals surface area contributed by atoms with Gasteiger partial charge in [0.15, 0.2) is 11.9 Å². The summed E-state index contributed by atoms with van der Waals surface area (Å²) in [4.78, 5) is 19.0. The van der Waals surface area contributed by atoms with Gasteiger partial charge in [-0.25, -0.2) is 9.97 Å². The summed E-state index contributed by atoms with van der Waals surface area (Å²) in [5.74, 6) is -0.410. The van der Waals surface area contributed by atoms with Crippen LogP contribution in [0.15, 0.2) is 12.3 Å². The molecule has 5 nitrogen and oxygen atoms in total.